The van der Waals surface area contributed by atoms with Crippen molar-refractivity contribution in [3.05, 3.63) is 29.8 Å². The Morgan fingerprint density at radius 1 is 1.28 bits per heavy atom. The van der Waals surface area contributed by atoms with Gasteiger partial charge < -0.3 is 15.0 Å². The van der Waals surface area contributed by atoms with Crippen LogP contribution in [-0.4, -0.2) is 38.7 Å². The quantitative estimate of drug-likeness (QED) is 0.709. The molecule has 0 bridgehead atoms. The first kappa shape index (κ1) is 14.5. The Balaban J connectivity index is 2.21. The van der Waals surface area contributed by atoms with Crippen molar-refractivity contribution in [1.29, 1.82) is 5.26 Å². The van der Waals surface area contributed by atoms with Crippen molar-refractivity contribution in [2.24, 2.45) is 0 Å². The number of ether oxygens (including phenoxy) is 1. The molecule has 4 heteroatoms. The normalized spacial score (nSPS) is 10.3. The second-order valence-electron chi connectivity index (χ2n) is 4.42. The van der Waals surface area contributed by atoms with E-state index < -0.39 is 0 Å². The maximum Gasteiger partial charge on any atom is 0.174 e. The molecule has 0 aliphatic heterocycles. The van der Waals surface area contributed by atoms with E-state index in [-0.39, 0.29) is 6.61 Å². The van der Waals surface area contributed by atoms with Crippen LogP contribution in [0, 0.1) is 11.3 Å². The van der Waals surface area contributed by atoms with Gasteiger partial charge in [-0.05, 0) is 51.3 Å². The SMILES string of the molecule is CN(C)CCCNCc1ccc(OCC#N)cc1. The number of nitrogens with zero attached hydrogens (tertiary/aromatic N) is 2. The Hall–Kier alpha value is -1.57. The summed E-state index contributed by atoms with van der Waals surface area (Å²) < 4.78 is 5.19. The monoisotopic (exact) mass is 247 g/mol. The molecule has 4 nitrogen and oxygen atoms in total. The Labute approximate surface area is 109 Å². The lowest BCUT2D eigenvalue weighted by atomic mass is 10.2. The van der Waals surface area contributed by atoms with Crippen LogP contribution in [0.4, 0.5) is 0 Å². The summed E-state index contributed by atoms with van der Waals surface area (Å²) in [5, 5.41) is 11.8. The molecule has 0 atom stereocenters. The van der Waals surface area contributed by atoms with Gasteiger partial charge in [0, 0.05) is 6.54 Å². The summed E-state index contributed by atoms with van der Waals surface area (Å²) in [7, 11) is 4.17. The van der Waals surface area contributed by atoms with Gasteiger partial charge in [-0.3, -0.25) is 0 Å². The molecule has 0 heterocycles. The van der Waals surface area contributed by atoms with Gasteiger partial charge in [0.1, 0.15) is 11.8 Å². The number of rotatable bonds is 8. The van der Waals surface area contributed by atoms with Crippen LogP contribution in [0.1, 0.15) is 12.0 Å². The second-order valence-corrected chi connectivity index (χ2v) is 4.42. The van der Waals surface area contributed by atoms with Crippen molar-refractivity contribution in [2.45, 2.75) is 13.0 Å². The van der Waals surface area contributed by atoms with E-state index >= 15 is 0 Å². The summed E-state index contributed by atoms with van der Waals surface area (Å²) in [6, 6.07) is 9.78. The molecule has 0 unspecified atom stereocenters. The molecule has 1 rings (SSSR count). The minimum atomic E-state index is 0.0993. The van der Waals surface area contributed by atoms with Crippen molar-refractivity contribution in [3.8, 4) is 11.8 Å². The van der Waals surface area contributed by atoms with Gasteiger partial charge in [-0.2, -0.15) is 5.26 Å². The van der Waals surface area contributed by atoms with Crippen molar-refractivity contribution in [3.63, 3.8) is 0 Å². The number of nitrogens with one attached hydrogen (secondary N) is 1. The van der Waals surface area contributed by atoms with Gasteiger partial charge in [-0.15, -0.1) is 0 Å². The average molecular weight is 247 g/mol. The maximum absolute atomic E-state index is 8.40. The molecule has 1 N–H and O–H groups in total. The van der Waals surface area contributed by atoms with E-state index in [9.17, 15) is 0 Å². The predicted octanol–water partition coefficient (Wildman–Crippen LogP) is 1.63. The minimum absolute atomic E-state index is 0.0993. The molecule has 0 saturated heterocycles. The average Bonchev–Trinajstić information content (AvgIpc) is 2.37. The van der Waals surface area contributed by atoms with Crippen LogP contribution in [-0.2, 0) is 6.54 Å². The van der Waals surface area contributed by atoms with Crippen LogP contribution in [0.3, 0.4) is 0 Å². The molecular weight excluding hydrogens is 226 g/mol. The van der Waals surface area contributed by atoms with Gasteiger partial charge in [-0.1, -0.05) is 12.1 Å². The van der Waals surface area contributed by atoms with Crippen molar-refractivity contribution < 1.29 is 4.74 Å². The molecule has 0 radical (unpaired) electrons. The highest BCUT2D eigenvalue weighted by Crippen LogP contribution is 2.11. The van der Waals surface area contributed by atoms with Crippen LogP contribution in [0.5, 0.6) is 5.75 Å². The molecule has 0 spiro atoms. The first-order chi connectivity index (χ1) is 8.72. The highest BCUT2D eigenvalue weighted by molar-refractivity contribution is 5.27. The highest BCUT2D eigenvalue weighted by Gasteiger charge is 1.96. The summed E-state index contributed by atoms with van der Waals surface area (Å²) in [6.07, 6.45) is 1.15. The van der Waals surface area contributed by atoms with Crippen molar-refractivity contribution in [1.82, 2.24) is 10.2 Å². The Bertz CT molecular complexity index is 368. The fraction of sp³-hybridized carbons (Fsp3) is 0.500. The van der Waals surface area contributed by atoms with Gasteiger partial charge in [0.25, 0.3) is 0 Å². The van der Waals surface area contributed by atoms with Crippen LogP contribution in [0.15, 0.2) is 24.3 Å². The third-order valence-electron chi connectivity index (χ3n) is 2.51. The molecule has 0 aliphatic carbocycles. The van der Waals surface area contributed by atoms with Gasteiger partial charge in [0.15, 0.2) is 6.61 Å². The first-order valence-electron chi connectivity index (χ1n) is 6.16. The Morgan fingerprint density at radius 2 is 2.00 bits per heavy atom. The standard InChI is InChI=1S/C14H21N3O/c1-17(2)10-3-9-16-12-13-4-6-14(7-5-13)18-11-8-15/h4-7,16H,3,9-12H2,1-2H3. The maximum atomic E-state index is 8.40. The van der Waals surface area contributed by atoms with E-state index in [4.69, 9.17) is 10.00 Å². The zero-order valence-electron chi connectivity index (χ0n) is 11.1. The lowest BCUT2D eigenvalue weighted by Gasteiger charge is -2.10. The fourth-order valence-electron chi connectivity index (χ4n) is 1.57. The predicted molar refractivity (Wildman–Crippen MR) is 72.4 cm³/mol. The molecule has 0 aromatic heterocycles. The zero-order chi connectivity index (χ0) is 13.2. The van der Waals surface area contributed by atoms with Crippen LogP contribution in [0.25, 0.3) is 0 Å². The topological polar surface area (TPSA) is 48.3 Å². The number of hydrogen-bond donors (Lipinski definition) is 1. The molecule has 98 valence electrons. The van der Waals surface area contributed by atoms with E-state index in [0.717, 1.165) is 31.8 Å². The van der Waals surface area contributed by atoms with Crippen LogP contribution < -0.4 is 10.1 Å². The molecule has 0 amide bonds. The second kappa shape index (κ2) is 8.51. The van der Waals surface area contributed by atoms with Gasteiger partial charge in [-0.25, -0.2) is 0 Å². The number of hydrogen-bond acceptors (Lipinski definition) is 4. The summed E-state index contributed by atoms with van der Waals surface area (Å²) >= 11 is 0. The Morgan fingerprint density at radius 3 is 2.61 bits per heavy atom. The van der Waals surface area contributed by atoms with Gasteiger partial charge in [0.05, 0.1) is 0 Å². The van der Waals surface area contributed by atoms with Crippen LogP contribution in [0.2, 0.25) is 0 Å². The summed E-state index contributed by atoms with van der Waals surface area (Å²) in [5.41, 5.74) is 1.23. The van der Waals surface area contributed by atoms with E-state index in [1.165, 1.54) is 5.56 Å². The van der Waals surface area contributed by atoms with Gasteiger partial charge in [0.2, 0.25) is 0 Å². The Kier molecular flexibility index (Phi) is 6.85. The molecule has 1 aromatic rings. The summed E-state index contributed by atoms with van der Waals surface area (Å²) in [4.78, 5) is 2.18. The summed E-state index contributed by atoms with van der Waals surface area (Å²) in [5.74, 6) is 0.743. The van der Waals surface area contributed by atoms with Crippen molar-refractivity contribution in [2.75, 3.05) is 33.8 Å². The minimum Gasteiger partial charge on any atom is -0.479 e. The van der Waals surface area contributed by atoms with E-state index in [0.29, 0.717) is 0 Å². The molecule has 0 aliphatic rings. The lowest BCUT2D eigenvalue weighted by Crippen LogP contribution is -2.20. The smallest absolute Gasteiger partial charge is 0.174 e. The summed E-state index contributed by atoms with van der Waals surface area (Å²) in [6.45, 7) is 3.09. The number of benzene rings is 1. The molecule has 18 heavy (non-hydrogen) atoms. The fourth-order valence-corrected chi connectivity index (χ4v) is 1.57. The first-order valence-corrected chi connectivity index (χ1v) is 6.16. The van der Waals surface area contributed by atoms with Gasteiger partial charge >= 0.3 is 0 Å². The highest BCUT2D eigenvalue weighted by atomic mass is 16.5. The number of nitriles is 1. The van der Waals surface area contributed by atoms with Crippen molar-refractivity contribution >= 4 is 0 Å². The third-order valence-corrected chi connectivity index (χ3v) is 2.51. The van der Waals surface area contributed by atoms with E-state index in [1.807, 2.05) is 30.3 Å². The largest absolute Gasteiger partial charge is 0.479 e. The zero-order valence-corrected chi connectivity index (χ0v) is 11.1. The molecule has 0 saturated carbocycles. The van der Waals surface area contributed by atoms with E-state index in [2.05, 4.69) is 24.3 Å². The lowest BCUT2D eigenvalue weighted by molar-refractivity contribution is 0.368. The molecule has 0 fully saturated rings. The third kappa shape index (κ3) is 6.24. The molecule has 1 aromatic carbocycles. The van der Waals surface area contributed by atoms with Crippen LogP contribution >= 0.6 is 0 Å². The van der Waals surface area contributed by atoms with E-state index in [1.54, 1.807) is 0 Å². The molecular formula is C14H21N3O.